The smallest absolute Gasteiger partial charge is 0.229 e. The first kappa shape index (κ1) is 17.6. The Morgan fingerprint density at radius 1 is 1.40 bits per heavy atom. The van der Waals surface area contributed by atoms with E-state index in [1.165, 1.54) is 0 Å². The number of halogens is 1. The van der Waals surface area contributed by atoms with Gasteiger partial charge in [0.25, 0.3) is 0 Å². The summed E-state index contributed by atoms with van der Waals surface area (Å²) in [5.74, 6) is 1.30. The number of nitrogens with zero attached hydrogens (tertiary/aromatic N) is 3. The van der Waals surface area contributed by atoms with Gasteiger partial charge in [0.1, 0.15) is 11.6 Å². The van der Waals surface area contributed by atoms with Gasteiger partial charge < -0.3 is 15.5 Å². The highest BCUT2D eigenvalue weighted by Crippen LogP contribution is 2.29. The highest BCUT2D eigenvalue weighted by atomic mass is 35.5. The maximum atomic E-state index is 12.4. The largest absolute Gasteiger partial charge is 0.363 e. The van der Waals surface area contributed by atoms with Crippen molar-refractivity contribution >= 4 is 29.1 Å². The van der Waals surface area contributed by atoms with Crippen LogP contribution >= 0.6 is 11.6 Å². The summed E-state index contributed by atoms with van der Waals surface area (Å²) in [4.78, 5) is 23.2. The number of amides is 1. The lowest BCUT2D eigenvalue weighted by atomic mass is 9.99. The van der Waals surface area contributed by atoms with Crippen LogP contribution in [0, 0.1) is 5.92 Å². The first-order valence-electron chi connectivity index (χ1n) is 8.36. The Balaban J connectivity index is 1.83. The highest BCUT2D eigenvalue weighted by molar-refractivity contribution is 6.33. The molecule has 0 aliphatic carbocycles. The lowest BCUT2D eigenvalue weighted by molar-refractivity contribution is -0.120. The van der Waals surface area contributed by atoms with Crippen molar-refractivity contribution in [2.75, 3.05) is 37.4 Å². The fraction of sp³-hybridized carbons (Fsp3) is 0.389. The first-order valence-corrected chi connectivity index (χ1v) is 8.74. The summed E-state index contributed by atoms with van der Waals surface area (Å²) < 4.78 is 0. The Hall–Kier alpha value is -2.18. The zero-order valence-corrected chi connectivity index (χ0v) is 15.2. The van der Waals surface area contributed by atoms with Crippen molar-refractivity contribution in [3.8, 4) is 11.3 Å². The summed E-state index contributed by atoms with van der Waals surface area (Å²) >= 11 is 6.31. The molecule has 0 saturated carbocycles. The van der Waals surface area contributed by atoms with Crippen LogP contribution in [-0.4, -0.2) is 43.1 Å². The van der Waals surface area contributed by atoms with E-state index in [1.807, 2.05) is 37.2 Å². The maximum absolute atomic E-state index is 12.4. The van der Waals surface area contributed by atoms with Crippen LogP contribution in [-0.2, 0) is 4.79 Å². The topological polar surface area (TPSA) is 70.2 Å². The predicted octanol–water partition coefficient (Wildman–Crippen LogP) is 2.80. The van der Waals surface area contributed by atoms with Gasteiger partial charge in [-0.05, 0) is 37.6 Å². The van der Waals surface area contributed by atoms with Crippen molar-refractivity contribution in [1.29, 1.82) is 0 Å². The zero-order valence-electron chi connectivity index (χ0n) is 14.4. The molecule has 1 fully saturated rings. The molecule has 2 N–H and O–H groups in total. The van der Waals surface area contributed by atoms with Crippen molar-refractivity contribution in [3.63, 3.8) is 0 Å². The van der Waals surface area contributed by atoms with Crippen molar-refractivity contribution in [2.45, 2.75) is 12.8 Å². The van der Waals surface area contributed by atoms with Crippen LogP contribution < -0.4 is 15.5 Å². The fourth-order valence-corrected chi connectivity index (χ4v) is 3.03. The molecular formula is C18H22ClN5O. The van der Waals surface area contributed by atoms with Crippen molar-refractivity contribution in [1.82, 2.24) is 15.3 Å². The molecule has 25 heavy (non-hydrogen) atoms. The van der Waals surface area contributed by atoms with Gasteiger partial charge in [-0.1, -0.05) is 17.7 Å². The molecule has 7 heteroatoms. The molecule has 1 amide bonds. The normalized spacial score (nSPS) is 17.2. The van der Waals surface area contributed by atoms with E-state index in [0.717, 1.165) is 36.5 Å². The average Bonchev–Trinajstić information content (AvgIpc) is 2.64. The number of hydrogen-bond acceptors (Lipinski definition) is 5. The van der Waals surface area contributed by atoms with Crippen LogP contribution in [0.25, 0.3) is 11.3 Å². The van der Waals surface area contributed by atoms with Gasteiger partial charge in [0, 0.05) is 32.4 Å². The molecule has 3 rings (SSSR count). The lowest BCUT2D eigenvalue weighted by Gasteiger charge is -2.21. The fourth-order valence-electron chi connectivity index (χ4n) is 2.83. The van der Waals surface area contributed by atoms with Gasteiger partial charge in [0.15, 0.2) is 0 Å². The number of piperidine rings is 1. The SMILES string of the molecule is CN(C)c1cccc(-c2cc(NC(=O)[C@@H]3CCCNC3)ncc2Cl)n1. The third-order valence-corrected chi connectivity index (χ3v) is 4.54. The molecule has 0 radical (unpaired) electrons. The number of hydrogen-bond donors (Lipinski definition) is 2. The maximum Gasteiger partial charge on any atom is 0.229 e. The summed E-state index contributed by atoms with van der Waals surface area (Å²) in [7, 11) is 3.87. The van der Waals surface area contributed by atoms with E-state index in [1.54, 1.807) is 12.3 Å². The number of carbonyl (C=O) groups is 1. The van der Waals surface area contributed by atoms with Gasteiger partial charge in [0.2, 0.25) is 5.91 Å². The van der Waals surface area contributed by atoms with Crippen LogP contribution in [0.2, 0.25) is 5.02 Å². The predicted molar refractivity (Wildman–Crippen MR) is 101 cm³/mol. The summed E-state index contributed by atoms with van der Waals surface area (Å²) in [6, 6.07) is 7.53. The number of carbonyl (C=O) groups excluding carboxylic acids is 1. The average molecular weight is 360 g/mol. The van der Waals surface area contributed by atoms with Crippen molar-refractivity contribution < 1.29 is 4.79 Å². The standard InChI is InChI=1S/C18H22ClN5O/c1-24(2)17-7-3-6-15(22-17)13-9-16(21-11-14(13)19)23-18(25)12-5-4-8-20-10-12/h3,6-7,9,11-12,20H,4-5,8,10H2,1-2H3,(H,21,23,25)/t12-/m1/s1. The summed E-state index contributed by atoms with van der Waals surface area (Å²) in [6.45, 7) is 1.68. The number of pyridine rings is 2. The van der Waals surface area contributed by atoms with Gasteiger partial charge >= 0.3 is 0 Å². The van der Waals surface area contributed by atoms with E-state index in [4.69, 9.17) is 11.6 Å². The highest BCUT2D eigenvalue weighted by Gasteiger charge is 2.21. The van der Waals surface area contributed by atoms with Crippen LogP contribution in [0.15, 0.2) is 30.5 Å². The van der Waals surface area contributed by atoms with E-state index in [0.29, 0.717) is 17.4 Å². The van der Waals surface area contributed by atoms with Crippen molar-refractivity contribution in [2.24, 2.45) is 5.92 Å². The second-order valence-electron chi connectivity index (χ2n) is 6.36. The van der Waals surface area contributed by atoms with Crippen LogP contribution in [0.3, 0.4) is 0 Å². The Bertz CT molecular complexity index is 759. The molecule has 0 aromatic carbocycles. The zero-order chi connectivity index (χ0) is 17.8. The van der Waals surface area contributed by atoms with E-state index >= 15 is 0 Å². The molecule has 2 aromatic heterocycles. The summed E-state index contributed by atoms with van der Waals surface area (Å²) in [5, 5.41) is 6.65. The molecule has 1 aliphatic rings. The first-order chi connectivity index (χ1) is 12.0. The number of anilines is 2. The molecular weight excluding hydrogens is 338 g/mol. The van der Waals surface area contributed by atoms with Gasteiger partial charge in [-0.25, -0.2) is 9.97 Å². The summed E-state index contributed by atoms with van der Waals surface area (Å²) in [5.41, 5.74) is 1.49. The number of aromatic nitrogens is 2. The van der Waals surface area contributed by atoms with E-state index < -0.39 is 0 Å². The third-order valence-electron chi connectivity index (χ3n) is 4.24. The van der Waals surface area contributed by atoms with E-state index in [2.05, 4.69) is 20.6 Å². The molecule has 2 aromatic rings. The van der Waals surface area contributed by atoms with Crippen LogP contribution in [0.1, 0.15) is 12.8 Å². The Kier molecular flexibility index (Phi) is 5.50. The second kappa shape index (κ2) is 7.80. The van der Waals surface area contributed by atoms with Crippen LogP contribution in [0.5, 0.6) is 0 Å². The Labute approximate surface area is 152 Å². The molecule has 6 nitrogen and oxygen atoms in total. The van der Waals surface area contributed by atoms with Gasteiger partial charge in [-0.3, -0.25) is 4.79 Å². The Morgan fingerprint density at radius 2 is 2.24 bits per heavy atom. The van der Waals surface area contributed by atoms with Crippen molar-refractivity contribution in [3.05, 3.63) is 35.5 Å². The molecule has 1 saturated heterocycles. The van der Waals surface area contributed by atoms with E-state index in [-0.39, 0.29) is 11.8 Å². The molecule has 132 valence electrons. The van der Waals surface area contributed by atoms with Crippen LogP contribution in [0.4, 0.5) is 11.6 Å². The third kappa shape index (κ3) is 4.27. The lowest BCUT2D eigenvalue weighted by Crippen LogP contribution is -2.37. The molecule has 3 heterocycles. The molecule has 0 bridgehead atoms. The minimum atomic E-state index is -0.0233. The summed E-state index contributed by atoms with van der Waals surface area (Å²) in [6.07, 6.45) is 3.46. The molecule has 0 spiro atoms. The van der Waals surface area contributed by atoms with Gasteiger partial charge in [0.05, 0.1) is 16.6 Å². The quantitative estimate of drug-likeness (QED) is 0.878. The molecule has 1 aliphatic heterocycles. The molecule has 0 unspecified atom stereocenters. The minimum Gasteiger partial charge on any atom is -0.363 e. The Morgan fingerprint density at radius 3 is 2.96 bits per heavy atom. The monoisotopic (exact) mass is 359 g/mol. The minimum absolute atomic E-state index is 0.0111. The van der Waals surface area contributed by atoms with E-state index in [9.17, 15) is 4.79 Å². The van der Waals surface area contributed by atoms with Gasteiger partial charge in [-0.2, -0.15) is 0 Å². The number of rotatable bonds is 4. The number of nitrogens with one attached hydrogen (secondary N) is 2. The second-order valence-corrected chi connectivity index (χ2v) is 6.76. The molecule has 1 atom stereocenters. The van der Waals surface area contributed by atoms with Gasteiger partial charge in [-0.15, -0.1) is 0 Å².